The topological polar surface area (TPSA) is 17.8 Å². The third-order valence-corrected chi connectivity index (χ3v) is 0.637. The number of aromatic nitrogens is 2. The summed E-state index contributed by atoms with van der Waals surface area (Å²) in [6.07, 6.45) is 3.64. The largest absolute Gasteiger partial charge is 0.276 e. The van der Waals surface area contributed by atoms with Crippen molar-refractivity contribution in [1.29, 1.82) is 0 Å². The molecule has 4 heteroatoms. The van der Waals surface area contributed by atoms with Crippen molar-refractivity contribution in [2.75, 3.05) is 0 Å². The van der Waals surface area contributed by atoms with Crippen LogP contribution in [-0.2, 0) is 7.05 Å². The van der Waals surface area contributed by atoms with E-state index in [1.54, 1.807) is 10.9 Å². The first-order valence-electron chi connectivity index (χ1n) is 1.83. The van der Waals surface area contributed by atoms with E-state index in [1.165, 1.54) is 0 Å². The first kappa shape index (κ1) is 10.7. The predicted octanol–water partition coefficient (Wildman–Crippen LogP) is 1.26. The average Bonchev–Trinajstić information content (AvgIpc) is 1.86. The molecule has 2 nitrogen and oxygen atoms in total. The molecule has 0 bridgehead atoms. The lowest BCUT2D eigenvalue weighted by Gasteiger charge is -1.77. The molecule has 0 N–H and O–H groups in total. The molecule has 1 aromatic rings. The fourth-order valence-corrected chi connectivity index (χ4v) is 0.345. The van der Waals surface area contributed by atoms with Crippen molar-refractivity contribution in [3.63, 3.8) is 0 Å². The van der Waals surface area contributed by atoms with Crippen molar-refractivity contribution in [3.8, 4) is 0 Å². The molecule has 0 atom stereocenters. The molecule has 0 aliphatic carbocycles. The summed E-state index contributed by atoms with van der Waals surface area (Å²) in [5.41, 5.74) is 0. The fraction of sp³-hybridized carbons (Fsp3) is 0.250. The second kappa shape index (κ2) is 4.94. The number of hydrogen-bond donors (Lipinski definition) is 0. The Morgan fingerprint density at radius 1 is 1.38 bits per heavy atom. The van der Waals surface area contributed by atoms with Gasteiger partial charge in [0.1, 0.15) is 0 Å². The first-order chi connectivity index (χ1) is 2.89. The van der Waals surface area contributed by atoms with Gasteiger partial charge in [-0.25, -0.2) is 0 Å². The molecule has 0 fully saturated rings. The smallest absolute Gasteiger partial charge is 0.0489 e. The molecular weight excluding hydrogens is 147 g/mol. The van der Waals surface area contributed by atoms with Gasteiger partial charge < -0.3 is 0 Å². The van der Waals surface area contributed by atoms with Crippen LogP contribution in [0.25, 0.3) is 0 Å². The van der Waals surface area contributed by atoms with Crippen LogP contribution in [0.1, 0.15) is 0 Å². The first-order valence-corrected chi connectivity index (χ1v) is 1.83. The molecule has 0 saturated carbocycles. The average molecular weight is 155 g/mol. The van der Waals surface area contributed by atoms with Crippen molar-refractivity contribution in [2.45, 2.75) is 0 Å². The SMILES string of the molecule is Cl.Cl.Cn1cccn1. The Balaban J connectivity index is 0. The van der Waals surface area contributed by atoms with Gasteiger partial charge >= 0.3 is 0 Å². The van der Waals surface area contributed by atoms with Crippen LogP contribution in [0.3, 0.4) is 0 Å². The lowest BCUT2D eigenvalue weighted by molar-refractivity contribution is 0.768. The van der Waals surface area contributed by atoms with Gasteiger partial charge in [-0.2, -0.15) is 5.10 Å². The van der Waals surface area contributed by atoms with Crippen LogP contribution in [0.4, 0.5) is 0 Å². The molecule has 1 aromatic heterocycles. The monoisotopic (exact) mass is 154 g/mol. The minimum Gasteiger partial charge on any atom is -0.276 e. The Labute approximate surface area is 60.7 Å². The van der Waals surface area contributed by atoms with Crippen molar-refractivity contribution < 1.29 is 0 Å². The molecule has 0 saturated heterocycles. The highest BCUT2D eigenvalue weighted by molar-refractivity contribution is 5.85. The summed E-state index contributed by atoms with van der Waals surface area (Å²) >= 11 is 0. The van der Waals surface area contributed by atoms with E-state index >= 15 is 0 Å². The maximum absolute atomic E-state index is 3.83. The molecule has 0 unspecified atom stereocenters. The minimum absolute atomic E-state index is 0. The lowest BCUT2D eigenvalue weighted by Crippen LogP contribution is -1.83. The van der Waals surface area contributed by atoms with Crippen LogP contribution in [0.2, 0.25) is 0 Å². The van der Waals surface area contributed by atoms with E-state index in [0.29, 0.717) is 0 Å². The van der Waals surface area contributed by atoms with E-state index in [0.717, 1.165) is 0 Å². The number of nitrogens with zero attached hydrogens (tertiary/aromatic N) is 2. The van der Waals surface area contributed by atoms with E-state index in [-0.39, 0.29) is 24.8 Å². The zero-order valence-corrected chi connectivity index (χ0v) is 6.08. The van der Waals surface area contributed by atoms with Crippen molar-refractivity contribution in [2.24, 2.45) is 7.05 Å². The van der Waals surface area contributed by atoms with Crippen molar-refractivity contribution in [1.82, 2.24) is 9.78 Å². The normalized spacial score (nSPS) is 6.62. The second-order valence-corrected chi connectivity index (χ2v) is 1.18. The highest BCUT2D eigenvalue weighted by Crippen LogP contribution is 1.73. The van der Waals surface area contributed by atoms with Crippen molar-refractivity contribution in [3.05, 3.63) is 18.5 Å². The third-order valence-electron chi connectivity index (χ3n) is 0.637. The highest BCUT2D eigenvalue weighted by atomic mass is 35.5. The molecular formula is C4H8Cl2N2. The van der Waals surface area contributed by atoms with Gasteiger partial charge in [0, 0.05) is 19.4 Å². The molecule has 0 amide bonds. The zero-order valence-electron chi connectivity index (χ0n) is 4.44. The second-order valence-electron chi connectivity index (χ2n) is 1.18. The van der Waals surface area contributed by atoms with Gasteiger partial charge in [0.25, 0.3) is 0 Å². The van der Waals surface area contributed by atoms with Gasteiger partial charge in [-0.05, 0) is 6.07 Å². The van der Waals surface area contributed by atoms with Gasteiger partial charge in [0.2, 0.25) is 0 Å². The van der Waals surface area contributed by atoms with Crippen LogP contribution in [0.5, 0.6) is 0 Å². The van der Waals surface area contributed by atoms with E-state index in [1.807, 2.05) is 19.3 Å². The lowest BCUT2D eigenvalue weighted by atomic mass is 10.8. The van der Waals surface area contributed by atoms with E-state index in [4.69, 9.17) is 0 Å². The van der Waals surface area contributed by atoms with Gasteiger partial charge in [0.15, 0.2) is 0 Å². The highest BCUT2D eigenvalue weighted by Gasteiger charge is 1.69. The summed E-state index contributed by atoms with van der Waals surface area (Å²) < 4.78 is 1.75. The number of rotatable bonds is 0. The summed E-state index contributed by atoms with van der Waals surface area (Å²) in [4.78, 5) is 0. The van der Waals surface area contributed by atoms with Gasteiger partial charge in [-0.1, -0.05) is 0 Å². The standard InChI is InChI=1S/C4H6N2.2ClH/c1-6-4-2-3-5-6;;/h2-4H,1H3;2*1H. The molecule has 0 aliphatic rings. The number of aryl methyl sites for hydroxylation is 1. The molecule has 1 rings (SSSR count). The Morgan fingerprint density at radius 2 is 2.00 bits per heavy atom. The maximum atomic E-state index is 3.83. The van der Waals surface area contributed by atoms with Gasteiger partial charge in [0.05, 0.1) is 0 Å². The maximum Gasteiger partial charge on any atom is 0.0489 e. The van der Waals surface area contributed by atoms with Crippen LogP contribution < -0.4 is 0 Å². The van der Waals surface area contributed by atoms with Crippen LogP contribution >= 0.6 is 24.8 Å². The molecule has 0 radical (unpaired) electrons. The van der Waals surface area contributed by atoms with Gasteiger partial charge in [-0.3, -0.25) is 4.68 Å². The summed E-state index contributed by atoms with van der Waals surface area (Å²) in [5, 5.41) is 3.83. The molecule has 8 heavy (non-hydrogen) atoms. The summed E-state index contributed by atoms with van der Waals surface area (Å²) in [7, 11) is 1.89. The zero-order chi connectivity index (χ0) is 4.41. The molecule has 0 aromatic carbocycles. The van der Waals surface area contributed by atoms with Crippen LogP contribution in [0.15, 0.2) is 18.5 Å². The Morgan fingerprint density at radius 3 is 2.12 bits per heavy atom. The number of hydrogen-bond acceptors (Lipinski definition) is 1. The Hall–Kier alpha value is -0.210. The Kier molecular flexibility index (Phi) is 6.61. The fourth-order valence-electron chi connectivity index (χ4n) is 0.345. The number of halogens is 2. The Bertz CT molecular complexity index is 116. The van der Waals surface area contributed by atoms with Crippen LogP contribution in [0, 0.1) is 0 Å². The summed E-state index contributed by atoms with van der Waals surface area (Å²) in [6.45, 7) is 0. The molecule has 48 valence electrons. The van der Waals surface area contributed by atoms with E-state index in [9.17, 15) is 0 Å². The predicted molar refractivity (Wildman–Crippen MR) is 37.7 cm³/mol. The van der Waals surface area contributed by atoms with Gasteiger partial charge in [-0.15, -0.1) is 24.8 Å². The quantitative estimate of drug-likeness (QED) is 0.551. The van der Waals surface area contributed by atoms with Crippen LogP contribution in [-0.4, -0.2) is 9.78 Å². The molecule has 0 aliphatic heterocycles. The summed E-state index contributed by atoms with van der Waals surface area (Å²) in [6, 6.07) is 1.89. The summed E-state index contributed by atoms with van der Waals surface area (Å²) in [5.74, 6) is 0. The minimum atomic E-state index is 0. The van der Waals surface area contributed by atoms with Crippen molar-refractivity contribution >= 4 is 24.8 Å². The third kappa shape index (κ3) is 2.88. The van der Waals surface area contributed by atoms with E-state index < -0.39 is 0 Å². The molecule has 0 spiro atoms. The van der Waals surface area contributed by atoms with E-state index in [2.05, 4.69) is 5.10 Å². The molecule has 1 heterocycles.